The number of phenolic OH excluding ortho intramolecular Hbond substituents is 1. The van der Waals surface area contributed by atoms with E-state index in [0.717, 1.165) is 43.5 Å². The molecule has 0 atom stereocenters. The van der Waals surface area contributed by atoms with Crippen molar-refractivity contribution in [2.75, 3.05) is 26.7 Å². The Morgan fingerprint density at radius 3 is 2.38 bits per heavy atom. The fourth-order valence-electron chi connectivity index (χ4n) is 2.78. The van der Waals surface area contributed by atoms with E-state index in [-0.39, 0.29) is 5.75 Å². The SMILES string of the molecule is CN1CCCC1=NC(=Nc1ccc(O)cc1)N1CCCC1. The zero-order valence-electron chi connectivity index (χ0n) is 12.5. The van der Waals surface area contributed by atoms with Crippen molar-refractivity contribution in [1.82, 2.24) is 9.80 Å². The molecule has 112 valence electrons. The maximum Gasteiger partial charge on any atom is 0.227 e. The normalized spacial score (nSPS) is 21.6. The Bertz CT molecular complexity index is 544. The van der Waals surface area contributed by atoms with E-state index in [1.165, 1.54) is 19.3 Å². The first kappa shape index (κ1) is 13.9. The van der Waals surface area contributed by atoms with Gasteiger partial charge in [0.05, 0.1) is 5.69 Å². The molecule has 0 amide bonds. The monoisotopic (exact) mass is 286 g/mol. The van der Waals surface area contributed by atoms with Crippen molar-refractivity contribution in [1.29, 1.82) is 0 Å². The summed E-state index contributed by atoms with van der Waals surface area (Å²) in [5.41, 5.74) is 0.833. The van der Waals surface area contributed by atoms with Gasteiger partial charge in [0.25, 0.3) is 0 Å². The largest absolute Gasteiger partial charge is 0.508 e. The van der Waals surface area contributed by atoms with Crippen molar-refractivity contribution < 1.29 is 5.11 Å². The molecular weight excluding hydrogens is 264 g/mol. The second kappa shape index (κ2) is 6.16. The number of phenols is 1. The summed E-state index contributed by atoms with van der Waals surface area (Å²) in [4.78, 5) is 14.0. The molecule has 0 bridgehead atoms. The van der Waals surface area contributed by atoms with Gasteiger partial charge in [-0.05, 0) is 43.5 Å². The number of benzene rings is 1. The number of aliphatic imine (C=N–C) groups is 2. The highest BCUT2D eigenvalue weighted by Crippen LogP contribution is 2.20. The molecule has 2 saturated heterocycles. The van der Waals surface area contributed by atoms with Crippen molar-refractivity contribution in [3.63, 3.8) is 0 Å². The second-order valence-electron chi connectivity index (χ2n) is 5.68. The zero-order chi connectivity index (χ0) is 14.7. The minimum absolute atomic E-state index is 0.263. The van der Waals surface area contributed by atoms with E-state index in [9.17, 15) is 5.11 Å². The molecule has 0 aromatic heterocycles. The summed E-state index contributed by atoms with van der Waals surface area (Å²) in [6.07, 6.45) is 4.60. The lowest BCUT2D eigenvalue weighted by molar-refractivity contribution is 0.475. The van der Waals surface area contributed by atoms with E-state index < -0.39 is 0 Å². The quantitative estimate of drug-likeness (QED) is 0.638. The lowest BCUT2D eigenvalue weighted by Gasteiger charge is -2.19. The third-order valence-corrected chi connectivity index (χ3v) is 4.03. The number of hydrogen-bond donors (Lipinski definition) is 1. The Morgan fingerprint density at radius 1 is 1.05 bits per heavy atom. The zero-order valence-corrected chi connectivity index (χ0v) is 12.5. The molecule has 1 aromatic rings. The van der Waals surface area contributed by atoms with Crippen LogP contribution in [0.15, 0.2) is 34.3 Å². The first-order valence-electron chi connectivity index (χ1n) is 7.64. The minimum Gasteiger partial charge on any atom is -0.508 e. The van der Waals surface area contributed by atoms with Gasteiger partial charge >= 0.3 is 0 Å². The van der Waals surface area contributed by atoms with Crippen molar-refractivity contribution in [2.45, 2.75) is 25.7 Å². The van der Waals surface area contributed by atoms with Crippen LogP contribution in [-0.4, -0.2) is 53.4 Å². The third kappa shape index (κ3) is 3.35. The van der Waals surface area contributed by atoms with E-state index in [0.29, 0.717) is 0 Å². The fraction of sp³-hybridized carbons (Fsp3) is 0.500. The summed E-state index contributed by atoms with van der Waals surface area (Å²) in [5, 5.41) is 9.37. The van der Waals surface area contributed by atoms with Gasteiger partial charge in [0.15, 0.2) is 0 Å². The van der Waals surface area contributed by atoms with E-state index in [1.807, 2.05) is 12.1 Å². The van der Waals surface area contributed by atoms with Gasteiger partial charge in [-0.3, -0.25) is 0 Å². The molecule has 5 heteroatoms. The number of rotatable bonds is 1. The number of amidine groups is 1. The summed E-state index contributed by atoms with van der Waals surface area (Å²) in [5.74, 6) is 2.19. The molecule has 5 nitrogen and oxygen atoms in total. The van der Waals surface area contributed by atoms with Crippen LogP contribution >= 0.6 is 0 Å². The molecule has 3 rings (SSSR count). The van der Waals surface area contributed by atoms with Crippen LogP contribution in [0.5, 0.6) is 5.75 Å². The van der Waals surface area contributed by atoms with Gasteiger partial charge in [0.2, 0.25) is 5.96 Å². The molecule has 0 unspecified atom stereocenters. The van der Waals surface area contributed by atoms with Crippen LogP contribution < -0.4 is 0 Å². The molecule has 0 spiro atoms. The Morgan fingerprint density at radius 2 is 1.76 bits per heavy atom. The first-order valence-corrected chi connectivity index (χ1v) is 7.64. The Hall–Kier alpha value is -2.04. The van der Waals surface area contributed by atoms with Crippen molar-refractivity contribution in [2.24, 2.45) is 9.98 Å². The van der Waals surface area contributed by atoms with Crippen LogP contribution in [0, 0.1) is 0 Å². The van der Waals surface area contributed by atoms with Crippen LogP contribution in [-0.2, 0) is 0 Å². The highest BCUT2D eigenvalue weighted by molar-refractivity contribution is 5.97. The van der Waals surface area contributed by atoms with Gasteiger partial charge in [-0.2, -0.15) is 4.99 Å². The molecule has 2 heterocycles. The van der Waals surface area contributed by atoms with Crippen LogP contribution in [0.25, 0.3) is 0 Å². The van der Waals surface area contributed by atoms with Crippen LogP contribution in [0.1, 0.15) is 25.7 Å². The van der Waals surface area contributed by atoms with Crippen molar-refractivity contribution >= 4 is 17.5 Å². The van der Waals surface area contributed by atoms with Gasteiger partial charge < -0.3 is 14.9 Å². The standard InChI is InChI=1S/C16H22N4O/c1-19-10-4-5-15(19)18-16(20-11-2-3-12-20)17-13-6-8-14(21)9-7-13/h6-9,21H,2-5,10-12H2,1H3. The summed E-state index contributed by atoms with van der Waals surface area (Å²) in [6.45, 7) is 3.13. The first-order chi connectivity index (χ1) is 10.2. The predicted molar refractivity (Wildman–Crippen MR) is 85.3 cm³/mol. The summed E-state index contributed by atoms with van der Waals surface area (Å²) < 4.78 is 0. The average molecular weight is 286 g/mol. The number of likely N-dealkylation sites (tertiary alicyclic amines) is 2. The Balaban J connectivity index is 1.89. The summed E-state index contributed by atoms with van der Waals surface area (Å²) >= 11 is 0. The molecular formula is C16H22N4O. The van der Waals surface area contributed by atoms with Crippen LogP contribution in [0.4, 0.5) is 5.69 Å². The fourth-order valence-corrected chi connectivity index (χ4v) is 2.78. The number of aromatic hydroxyl groups is 1. The van der Waals surface area contributed by atoms with E-state index >= 15 is 0 Å². The van der Waals surface area contributed by atoms with Gasteiger partial charge in [0.1, 0.15) is 11.6 Å². The molecule has 2 aliphatic heterocycles. The number of nitrogens with zero attached hydrogens (tertiary/aromatic N) is 4. The molecule has 1 aromatic carbocycles. The smallest absolute Gasteiger partial charge is 0.227 e. The lowest BCUT2D eigenvalue weighted by atomic mass is 10.3. The molecule has 2 fully saturated rings. The lowest BCUT2D eigenvalue weighted by Crippen LogP contribution is -2.29. The number of guanidine groups is 1. The van der Waals surface area contributed by atoms with Crippen LogP contribution in [0.3, 0.4) is 0 Å². The van der Waals surface area contributed by atoms with Gasteiger partial charge in [-0.25, -0.2) is 4.99 Å². The molecule has 0 radical (unpaired) electrons. The summed E-state index contributed by atoms with van der Waals surface area (Å²) in [7, 11) is 2.09. The maximum atomic E-state index is 9.37. The highest BCUT2D eigenvalue weighted by atomic mass is 16.3. The van der Waals surface area contributed by atoms with Crippen molar-refractivity contribution in [3.8, 4) is 5.75 Å². The van der Waals surface area contributed by atoms with Gasteiger partial charge in [0, 0.05) is 33.1 Å². The predicted octanol–water partition coefficient (Wildman–Crippen LogP) is 2.60. The molecule has 1 N–H and O–H groups in total. The van der Waals surface area contributed by atoms with Crippen LogP contribution in [0.2, 0.25) is 0 Å². The minimum atomic E-state index is 0.263. The van der Waals surface area contributed by atoms with Gasteiger partial charge in [-0.1, -0.05) is 0 Å². The van der Waals surface area contributed by atoms with E-state index in [1.54, 1.807) is 12.1 Å². The van der Waals surface area contributed by atoms with Gasteiger partial charge in [-0.15, -0.1) is 0 Å². The molecule has 0 aliphatic carbocycles. The Labute approximate surface area is 125 Å². The Kier molecular flexibility index (Phi) is 4.08. The third-order valence-electron chi connectivity index (χ3n) is 4.03. The topological polar surface area (TPSA) is 51.4 Å². The average Bonchev–Trinajstić information content (AvgIpc) is 3.13. The van der Waals surface area contributed by atoms with E-state index in [2.05, 4.69) is 16.8 Å². The maximum absolute atomic E-state index is 9.37. The van der Waals surface area contributed by atoms with E-state index in [4.69, 9.17) is 9.98 Å². The number of hydrogen-bond acceptors (Lipinski definition) is 2. The molecule has 21 heavy (non-hydrogen) atoms. The highest BCUT2D eigenvalue weighted by Gasteiger charge is 2.20. The molecule has 2 aliphatic rings. The molecule has 0 saturated carbocycles. The van der Waals surface area contributed by atoms with Crippen molar-refractivity contribution in [3.05, 3.63) is 24.3 Å². The summed E-state index contributed by atoms with van der Waals surface area (Å²) in [6, 6.07) is 6.97. The second-order valence-corrected chi connectivity index (χ2v) is 5.68.